The molecule has 6 heteroatoms. The van der Waals surface area contributed by atoms with E-state index in [2.05, 4.69) is 34.5 Å². The van der Waals surface area contributed by atoms with Gasteiger partial charge in [0.05, 0.1) is 0 Å². The summed E-state index contributed by atoms with van der Waals surface area (Å²) in [6, 6.07) is 3.79. The summed E-state index contributed by atoms with van der Waals surface area (Å²) in [6.45, 7) is 6.80. The van der Waals surface area contributed by atoms with Crippen molar-refractivity contribution in [2.75, 3.05) is 26.2 Å². The zero-order chi connectivity index (χ0) is 16.9. The van der Waals surface area contributed by atoms with Gasteiger partial charge in [-0.1, -0.05) is 31.0 Å². The molecule has 0 aliphatic rings. The molecule has 0 radical (unpaired) electrons. The highest BCUT2D eigenvalue weighted by Gasteiger charge is 2.07. The van der Waals surface area contributed by atoms with Crippen molar-refractivity contribution < 1.29 is 5.11 Å². The van der Waals surface area contributed by atoms with Gasteiger partial charge in [-0.15, -0.1) is 0 Å². The number of halogens is 1. The summed E-state index contributed by atoms with van der Waals surface area (Å²) >= 11 is 5.79. The van der Waals surface area contributed by atoms with Crippen LogP contribution in [-0.2, 0) is 6.42 Å². The summed E-state index contributed by atoms with van der Waals surface area (Å²) in [6.07, 6.45) is 5.69. The minimum Gasteiger partial charge on any atom is -0.396 e. The van der Waals surface area contributed by atoms with Crippen LogP contribution in [0.15, 0.2) is 23.3 Å². The Morgan fingerprint density at radius 1 is 1.30 bits per heavy atom. The van der Waals surface area contributed by atoms with E-state index in [9.17, 15) is 0 Å². The Bertz CT molecular complexity index is 444. The zero-order valence-corrected chi connectivity index (χ0v) is 14.9. The first-order valence-electron chi connectivity index (χ1n) is 8.43. The van der Waals surface area contributed by atoms with E-state index in [0.29, 0.717) is 11.1 Å². The van der Waals surface area contributed by atoms with Crippen molar-refractivity contribution in [2.45, 2.75) is 39.5 Å². The van der Waals surface area contributed by atoms with Crippen molar-refractivity contribution in [2.24, 2.45) is 10.9 Å². The third kappa shape index (κ3) is 8.77. The number of nitrogens with one attached hydrogen (secondary N) is 2. The van der Waals surface area contributed by atoms with Gasteiger partial charge < -0.3 is 15.7 Å². The quantitative estimate of drug-likeness (QED) is 0.348. The molecule has 0 aliphatic heterocycles. The third-order valence-corrected chi connectivity index (χ3v) is 3.80. The molecule has 1 aromatic rings. The van der Waals surface area contributed by atoms with Crippen LogP contribution in [0.3, 0.4) is 0 Å². The fraction of sp³-hybridized carbons (Fsp3) is 0.647. The second-order valence-corrected chi connectivity index (χ2v) is 5.94. The molecule has 0 fully saturated rings. The fourth-order valence-electron chi connectivity index (χ4n) is 2.36. The summed E-state index contributed by atoms with van der Waals surface area (Å²) in [7, 11) is 0. The van der Waals surface area contributed by atoms with Crippen LogP contribution >= 0.6 is 11.6 Å². The van der Waals surface area contributed by atoms with Crippen molar-refractivity contribution in [3.05, 3.63) is 29.0 Å². The van der Waals surface area contributed by atoms with Crippen LogP contribution in [0.2, 0.25) is 5.15 Å². The molecule has 5 nitrogen and oxygen atoms in total. The molecule has 0 saturated heterocycles. The molecule has 0 spiro atoms. The lowest BCUT2D eigenvalue weighted by molar-refractivity contribution is 0.253. The number of guanidine groups is 1. The van der Waals surface area contributed by atoms with E-state index in [1.54, 1.807) is 12.3 Å². The number of aliphatic hydroxyl groups is 1. The first-order valence-corrected chi connectivity index (χ1v) is 8.80. The molecule has 1 atom stereocenters. The van der Waals surface area contributed by atoms with Gasteiger partial charge in [-0.25, -0.2) is 4.98 Å². The average molecular weight is 341 g/mol. The van der Waals surface area contributed by atoms with Crippen LogP contribution < -0.4 is 10.6 Å². The Kier molecular flexibility index (Phi) is 10.4. The van der Waals surface area contributed by atoms with Crippen LogP contribution in [0.4, 0.5) is 0 Å². The molecule has 3 N–H and O–H groups in total. The van der Waals surface area contributed by atoms with E-state index >= 15 is 0 Å². The van der Waals surface area contributed by atoms with E-state index < -0.39 is 0 Å². The number of aromatic nitrogens is 1. The molecule has 130 valence electrons. The second-order valence-electron chi connectivity index (χ2n) is 5.55. The summed E-state index contributed by atoms with van der Waals surface area (Å²) in [5.74, 6) is 1.27. The molecule has 1 heterocycles. The number of nitrogens with zero attached hydrogens (tertiary/aromatic N) is 2. The van der Waals surface area contributed by atoms with Crippen molar-refractivity contribution in [1.29, 1.82) is 0 Å². The van der Waals surface area contributed by atoms with E-state index in [4.69, 9.17) is 16.7 Å². The number of aliphatic hydroxyl groups excluding tert-OH is 1. The Balaban J connectivity index is 2.46. The molecule has 1 unspecified atom stereocenters. The highest BCUT2D eigenvalue weighted by Crippen LogP contribution is 2.11. The van der Waals surface area contributed by atoms with E-state index in [-0.39, 0.29) is 6.61 Å². The van der Waals surface area contributed by atoms with E-state index in [0.717, 1.165) is 56.8 Å². The summed E-state index contributed by atoms with van der Waals surface area (Å²) in [5.41, 5.74) is 1.14. The van der Waals surface area contributed by atoms with Crippen LogP contribution in [-0.4, -0.2) is 42.3 Å². The highest BCUT2D eigenvalue weighted by molar-refractivity contribution is 6.29. The number of hydrogen-bond acceptors (Lipinski definition) is 3. The molecule has 1 aromatic heterocycles. The predicted molar refractivity (Wildman–Crippen MR) is 97.0 cm³/mol. The fourth-order valence-corrected chi connectivity index (χ4v) is 2.47. The van der Waals surface area contributed by atoms with Crippen molar-refractivity contribution in [3.8, 4) is 0 Å². The zero-order valence-electron chi connectivity index (χ0n) is 14.2. The normalized spacial score (nSPS) is 13.0. The van der Waals surface area contributed by atoms with Gasteiger partial charge in [0.15, 0.2) is 5.96 Å². The van der Waals surface area contributed by atoms with Crippen molar-refractivity contribution in [1.82, 2.24) is 15.6 Å². The topological polar surface area (TPSA) is 69.5 Å². The van der Waals surface area contributed by atoms with Crippen LogP contribution in [0.1, 0.15) is 38.7 Å². The third-order valence-electron chi connectivity index (χ3n) is 3.58. The monoisotopic (exact) mass is 340 g/mol. The van der Waals surface area contributed by atoms with Gasteiger partial charge >= 0.3 is 0 Å². The van der Waals surface area contributed by atoms with Gasteiger partial charge in [0, 0.05) is 32.4 Å². The van der Waals surface area contributed by atoms with Crippen molar-refractivity contribution >= 4 is 17.6 Å². The van der Waals surface area contributed by atoms with Gasteiger partial charge in [0.1, 0.15) is 5.15 Å². The number of hydrogen-bond donors (Lipinski definition) is 3. The lowest BCUT2D eigenvalue weighted by atomic mass is 10.0. The van der Waals surface area contributed by atoms with E-state index in [1.807, 2.05) is 6.07 Å². The maximum absolute atomic E-state index is 9.12. The van der Waals surface area contributed by atoms with Crippen molar-refractivity contribution in [3.63, 3.8) is 0 Å². The summed E-state index contributed by atoms with van der Waals surface area (Å²) in [5, 5.41) is 16.2. The van der Waals surface area contributed by atoms with Gasteiger partial charge in [0.2, 0.25) is 0 Å². The Morgan fingerprint density at radius 3 is 2.74 bits per heavy atom. The SMILES string of the molecule is CCCC(CCO)CN=C(NCC)NCCc1ccc(Cl)nc1. The maximum atomic E-state index is 9.12. The Morgan fingerprint density at radius 2 is 2.13 bits per heavy atom. The minimum absolute atomic E-state index is 0.230. The molecule has 0 amide bonds. The largest absolute Gasteiger partial charge is 0.396 e. The molecule has 1 rings (SSSR count). The number of aliphatic imine (C=N–C) groups is 1. The Hall–Kier alpha value is -1.33. The molecular weight excluding hydrogens is 312 g/mol. The molecule has 0 aromatic carbocycles. The number of pyridine rings is 1. The van der Waals surface area contributed by atoms with E-state index in [1.165, 1.54) is 0 Å². The smallest absolute Gasteiger partial charge is 0.191 e. The first-order chi connectivity index (χ1) is 11.2. The first kappa shape index (κ1) is 19.7. The minimum atomic E-state index is 0.230. The van der Waals surface area contributed by atoms with Crippen LogP contribution in [0, 0.1) is 5.92 Å². The predicted octanol–water partition coefficient (Wildman–Crippen LogP) is 2.63. The van der Waals surface area contributed by atoms with Gasteiger partial charge in [0.25, 0.3) is 0 Å². The molecule has 0 aliphatic carbocycles. The Labute approximate surface area is 144 Å². The standard InChI is InChI=1S/C17H29ClN4O/c1-3-5-14(9-11-23)13-22-17(19-4-2)20-10-8-15-6-7-16(18)21-12-15/h6-7,12,14,23H,3-5,8-11,13H2,1-2H3,(H2,19,20,22). The lowest BCUT2D eigenvalue weighted by Crippen LogP contribution is -2.38. The van der Waals surface area contributed by atoms with Gasteiger partial charge in [-0.05, 0) is 43.7 Å². The van der Waals surface area contributed by atoms with Gasteiger partial charge in [-0.2, -0.15) is 0 Å². The maximum Gasteiger partial charge on any atom is 0.191 e. The average Bonchev–Trinajstić information content (AvgIpc) is 2.54. The lowest BCUT2D eigenvalue weighted by Gasteiger charge is -2.15. The summed E-state index contributed by atoms with van der Waals surface area (Å²) < 4.78 is 0. The highest BCUT2D eigenvalue weighted by atomic mass is 35.5. The van der Waals surface area contributed by atoms with Gasteiger partial charge in [-0.3, -0.25) is 4.99 Å². The molecule has 23 heavy (non-hydrogen) atoms. The summed E-state index contributed by atoms with van der Waals surface area (Å²) in [4.78, 5) is 8.72. The number of rotatable bonds is 10. The molecular formula is C17H29ClN4O. The molecule has 0 bridgehead atoms. The molecule has 0 saturated carbocycles. The second kappa shape index (κ2) is 12.1. The van der Waals surface area contributed by atoms with Crippen LogP contribution in [0.25, 0.3) is 0 Å². The van der Waals surface area contributed by atoms with Crippen LogP contribution in [0.5, 0.6) is 0 Å².